The topological polar surface area (TPSA) is 44.8 Å². The van der Waals surface area contributed by atoms with Crippen molar-refractivity contribution < 1.29 is 19.0 Å². The molecule has 4 aliphatic heterocycles. The van der Waals surface area contributed by atoms with E-state index in [4.69, 9.17) is 14.2 Å². The van der Waals surface area contributed by atoms with E-state index in [1.54, 1.807) is 0 Å². The normalized spacial score (nSPS) is 66.2. The summed E-state index contributed by atoms with van der Waals surface area (Å²) < 4.78 is 18.4. The number of ether oxygens (including phenoxy) is 3. The van der Waals surface area contributed by atoms with Gasteiger partial charge in [0.2, 0.25) is 0 Å². The van der Waals surface area contributed by atoms with E-state index in [9.17, 15) is 4.79 Å². The second-order valence-electron chi connectivity index (χ2n) is 7.85. The minimum Gasteiger partial charge on any atom is -0.429 e. The predicted octanol–water partition coefficient (Wildman–Crippen LogP) is 2.46. The molecule has 3 unspecified atom stereocenters. The molecular weight excluding hydrogens is 256 g/mol. The van der Waals surface area contributed by atoms with Crippen LogP contribution >= 0.6 is 0 Å². The van der Waals surface area contributed by atoms with Crippen LogP contribution in [0.1, 0.15) is 46.5 Å². The maximum absolute atomic E-state index is 12.3. The summed E-state index contributed by atoms with van der Waals surface area (Å²) in [5.74, 6) is 0.231. The van der Waals surface area contributed by atoms with Crippen LogP contribution in [0.2, 0.25) is 0 Å². The molecule has 2 spiro atoms. The first-order valence-corrected chi connectivity index (χ1v) is 8.05. The molecule has 4 nitrogen and oxygen atoms in total. The van der Waals surface area contributed by atoms with Gasteiger partial charge in [0.05, 0.1) is 11.3 Å². The highest BCUT2D eigenvalue weighted by Gasteiger charge is 2.95. The van der Waals surface area contributed by atoms with Crippen LogP contribution in [-0.4, -0.2) is 23.6 Å². The molecule has 0 aromatic heterocycles. The van der Waals surface area contributed by atoms with Crippen molar-refractivity contribution in [3.8, 4) is 0 Å². The zero-order valence-corrected chi connectivity index (χ0v) is 12.3. The zero-order chi connectivity index (χ0) is 13.9. The second kappa shape index (κ2) is 3.09. The van der Waals surface area contributed by atoms with Crippen LogP contribution in [0.3, 0.4) is 0 Å². The van der Waals surface area contributed by atoms with Gasteiger partial charge in [-0.1, -0.05) is 20.3 Å². The Labute approximate surface area is 119 Å². The third-order valence-corrected chi connectivity index (χ3v) is 7.02. The lowest BCUT2D eigenvalue weighted by Crippen LogP contribution is -2.52. The molecule has 4 bridgehead atoms. The highest BCUT2D eigenvalue weighted by molar-refractivity contribution is 5.76. The van der Waals surface area contributed by atoms with Gasteiger partial charge in [0, 0.05) is 6.42 Å². The summed E-state index contributed by atoms with van der Waals surface area (Å²) in [6, 6.07) is 0. The van der Waals surface area contributed by atoms with Gasteiger partial charge in [-0.2, -0.15) is 0 Å². The average molecular weight is 278 g/mol. The molecular formula is C16H22O4. The molecule has 4 saturated heterocycles. The summed E-state index contributed by atoms with van der Waals surface area (Å²) in [4.78, 5) is 12.3. The van der Waals surface area contributed by atoms with Gasteiger partial charge in [-0.15, -0.1) is 0 Å². The van der Waals surface area contributed by atoms with Crippen molar-refractivity contribution in [1.82, 2.24) is 0 Å². The first kappa shape index (κ1) is 12.0. The molecule has 110 valence electrons. The van der Waals surface area contributed by atoms with Crippen molar-refractivity contribution >= 4 is 5.97 Å². The first-order chi connectivity index (χ1) is 9.45. The maximum Gasteiger partial charge on any atom is 0.311 e. The number of hydrogen-bond acceptors (Lipinski definition) is 4. The van der Waals surface area contributed by atoms with Gasteiger partial charge in [0.15, 0.2) is 5.79 Å². The van der Waals surface area contributed by atoms with Crippen LogP contribution in [0.15, 0.2) is 0 Å². The monoisotopic (exact) mass is 278 g/mol. The first-order valence-electron chi connectivity index (χ1n) is 8.05. The van der Waals surface area contributed by atoms with Gasteiger partial charge in [-0.3, -0.25) is 4.79 Å². The van der Waals surface area contributed by atoms with Crippen LogP contribution < -0.4 is 0 Å². The average Bonchev–Trinajstić information content (AvgIpc) is 2.84. The summed E-state index contributed by atoms with van der Waals surface area (Å²) in [7, 11) is 0. The number of rotatable bonds is 0. The molecule has 0 amide bonds. The SMILES string of the molecule is C[C@@H]1CCC2[C@@H](C)C(=O)O[C@@]34O[C@@]5(C)CCC1[C@@]23C4O5. The van der Waals surface area contributed by atoms with E-state index in [2.05, 4.69) is 6.92 Å². The van der Waals surface area contributed by atoms with Crippen LogP contribution in [-0.2, 0) is 19.0 Å². The fraction of sp³-hybridized carbons (Fsp3) is 0.938. The predicted molar refractivity (Wildman–Crippen MR) is 69.4 cm³/mol. The Hall–Kier alpha value is -0.610. The Balaban J connectivity index is 1.71. The highest BCUT2D eigenvalue weighted by atomic mass is 16.9. The van der Waals surface area contributed by atoms with Gasteiger partial charge < -0.3 is 14.2 Å². The summed E-state index contributed by atoms with van der Waals surface area (Å²) >= 11 is 0. The zero-order valence-electron chi connectivity index (χ0n) is 12.3. The summed E-state index contributed by atoms with van der Waals surface area (Å²) in [5, 5.41) is 0. The Morgan fingerprint density at radius 1 is 1.15 bits per heavy atom. The Bertz CT molecular complexity index is 519. The lowest BCUT2D eigenvalue weighted by atomic mass is 9.59. The molecule has 4 heterocycles. The molecule has 6 fully saturated rings. The Kier molecular flexibility index (Phi) is 1.85. The number of fused-ring (bicyclic) bond motifs is 1. The third-order valence-electron chi connectivity index (χ3n) is 7.02. The highest BCUT2D eigenvalue weighted by Crippen LogP contribution is 2.82. The van der Waals surface area contributed by atoms with E-state index in [-0.39, 0.29) is 23.4 Å². The van der Waals surface area contributed by atoms with Gasteiger partial charge in [0.25, 0.3) is 5.79 Å². The molecule has 0 aromatic carbocycles. The summed E-state index contributed by atoms with van der Waals surface area (Å²) in [6.45, 7) is 6.38. The fourth-order valence-electron chi connectivity index (χ4n) is 6.16. The molecule has 4 heteroatoms. The number of esters is 1. The largest absolute Gasteiger partial charge is 0.429 e. The quantitative estimate of drug-likeness (QED) is 0.639. The summed E-state index contributed by atoms with van der Waals surface area (Å²) in [5.41, 5.74) is -0.0476. The lowest BCUT2D eigenvalue weighted by Gasteiger charge is -2.48. The standard InChI is InChI=1S/C16H22O4/c1-8-4-5-11-9(2)12(17)18-16-13-15(11,16)10(8)6-7-14(3,19-13)20-16/h8-11,13H,4-7H2,1-3H3/t8-,9-,10?,11?,13?,14+,15+,16+/m1/s1. The van der Waals surface area contributed by atoms with Gasteiger partial charge in [-0.25, -0.2) is 0 Å². The molecule has 2 aliphatic carbocycles. The molecule has 20 heavy (non-hydrogen) atoms. The number of carbonyl (C=O) groups is 1. The Morgan fingerprint density at radius 3 is 2.75 bits per heavy atom. The molecule has 0 aromatic rings. The van der Waals surface area contributed by atoms with Crippen molar-refractivity contribution in [3.63, 3.8) is 0 Å². The number of hydrogen-bond donors (Lipinski definition) is 0. The fourth-order valence-corrected chi connectivity index (χ4v) is 6.16. The van der Waals surface area contributed by atoms with Crippen LogP contribution in [0, 0.1) is 29.1 Å². The van der Waals surface area contributed by atoms with Gasteiger partial charge in [0.1, 0.15) is 6.10 Å². The molecule has 0 N–H and O–H groups in total. The van der Waals surface area contributed by atoms with Crippen molar-refractivity contribution in [1.29, 1.82) is 0 Å². The smallest absolute Gasteiger partial charge is 0.311 e. The maximum atomic E-state index is 12.3. The van der Waals surface area contributed by atoms with Crippen molar-refractivity contribution in [2.45, 2.75) is 64.1 Å². The van der Waals surface area contributed by atoms with Crippen molar-refractivity contribution in [3.05, 3.63) is 0 Å². The Morgan fingerprint density at radius 2 is 1.95 bits per heavy atom. The lowest BCUT2D eigenvalue weighted by molar-refractivity contribution is -0.292. The van der Waals surface area contributed by atoms with Crippen LogP contribution in [0.4, 0.5) is 0 Å². The van der Waals surface area contributed by atoms with E-state index in [1.807, 2.05) is 13.8 Å². The van der Waals surface area contributed by atoms with E-state index in [0.717, 1.165) is 19.3 Å². The van der Waals surface area contributed by atoms with Crippen LogP contribution in [0.5, 0.6) is 0 Å². The van der Waals surface area contributed by atoms with Gasteiger partial charge in [-0.05, 0) is 37.5 Å². The minimum atomic E-state index is -0.744. The van der Waals surface area contributed by atoms with Crippen LogP contribution in [0.25, 0.3) is 0 Å². The van der Waals surface area contributed by atoms with Crippen molar-refractivity contribution in [2.75, 3.05) is 0 Å². The molecule has 6 aliphatic rings. The van der Waals surface area contributed by atoms with E-state index < -0.39 is 11.6 Å². The van der Waals surface area contributed by atoms with E-state index >= 15 is 0 Å². The third kappa shape index (κ3) is 0.970. The molecule has 2 saturated carbocycles. The molecule has 0 radical (unpaired) electrons. The number of carbonyl (C=O) groups excluding carboxylic acids is 1. The minimum absolute atomic E-state index is 0.0159. The van der Waals surface area contributed by atoms with E-state index in [1.165, 1.54) is 6.42 Å². The molecule has 8 atom stereocenters. The van der Waals surface area contributed by atoms with Gasteiger partial charge >= 0.3 is 5.97 Å². The van der Waals surface area contributed by atoms with E-state index in [0.29, 0.717) is 17.8 Å². The van der Waals surface area contributed by atoms with Crippen molar-refractivity contribution in [2.24, 2.45) is 29.1 Å². The summed E-state index contributed by atoms with van der Waals surface area (Å²) in [6.07, 6.45) is 4.36. The second-order valence-corrected chi connectivity index (χ2v) is 7.85. The molecule has 6 rings (SSSR count).